The summed E-state index contributed by atoms with van der Waals surface area (Å²) >= 11 is 0. The molecule has 2 heterocycles. The molecule has 7 heteroatoms. The Balaban J connectivity index is 1.62. The molecule has 1 aliphatic heterocycles. The molecule has 1 saturated heterocycles. The van der Waals surface area contributed by atoms with E-state index in [2.05, 4.69) is 10.2 Å². The number of likely N-dealkylation sites (tertiary alicyclic amines) is 1. The van der Waals surface area contributed by atoms with Crippen molar-refractivity contribution in [1.29, 1.82) is 0 Å². The predicted molar refractivity (Wildman–Crippen MR) is 99.7 cm³/mol. The van der Waals surface area contributed by atoms with Crippen LogP contribution >= 0.6 is 0 Å². The van der Waals surface area contributed by atoms with Crippen molar-refractivity contribution in [3.63, 3.8) is 0 Å². The van der Waals surface area contributed by atoms with E-state index in [1.807, 2.05) is 26.8 Å². The van der Waals surface area contributed by atoms with Crippen LogP contribution in [0.2, 0.25) is 0 Å². The standard InChI is InChI=1S/C20H23N3O4/c1-20(2,3)27-19(25)23-8-7-16(23)13-26-17-10-18(22-21-11-17)15-6-4-5-14(9-15)12-24/h4-6,9-12,16H,7-8,13H2,1-3H3/t16-/m0/s1. The molecule has 0 bridgehead atoms. The Labute approximate surface area is 158 Å². The van der Waals surface area contributed by atoms with Crippen molar-refractivity contribution in [2.75, 3.05) is 13.2 Å². The first-order valence-corrected chi connectivity index (χ1v) is 8.86. The van der Waals surface area contributed by atoms with E-state index < -0.39 is 5.60 Å². The smallest absolute Gasteiger partial charge is 0.410 e. The minimum absolute atomic E-state index is 0.0187. The minimum atomic E-state index is -0.516. The molecular weight excluding hydrogens is 346 g/mol. The lowest BCUT2D eigenvalue weighted by Gasteiger charge is -2.40. The average molecular weight is 369 g/mol. The molecule has 0 spiro atoms. The monoisotopic (exact) mass is 369 g/mol. The largest absolute Gasteiger partial charge is 0.490 e. The quantitative estimate of drug-likeness (QED) is 0.752. The number of amides is 1. The number of rotatable bonds is 5. The van der Waals surface area contributed by atoms with E-state index in [1.54, 1.807) is 29.2 Å². The second-order valence-corrected chi connectivity index (χ2v) is 7.45. The molecule has 2 aromatic rings. The van der Waals surface area contributed by atoms with Crippen LogP contribution in [0.25, 0.3) is 11.3 Å². The number of carbonyl (C=O) groups is 2. The summed E-state index contributed by atoms with van der Waals surface area (Å²) < 4.78 is 11.2. The van der Waals surface area contributed by atoms with Crippen LogP contribution in [-0.4, -0.2) is 52.3 Å². The highest BCUT2D eigenvalue weighted by Crippen LogP contribution is 2.24. The van der Waals surface area contributed by atoms with Crippen LogP contribution in [0.3, 0.4) is 0 Å². The van der Waals surface area contributed by atoms with Gasteiger partial charge in [0.05, 0.1) is 17.9 Å². The maximum absolute atomic E-state index is 12.2. The van der Waals surface area contributed by atoms with Crippen molar-refractivity contribution < 1.29 is 19.1 Å². The number of ether oxygens (including phenoxy) is 2. The van der Waals surface area contributed by atoms with E-state index in [9.17, 15) is 9.59 Å². The topological polar surface area (TPSA) is 81.6 Å². The zero-order valence-electron chi connectivity index (χ0n) is 15.7. The molecule has 142 valence electrons. The van der Waals surface area contributed by atoms with Crippen LogP contribution in [0.5, 0.6) is 5.75 Å². The average Bonchev–Trinajstić information content (AvgIpc) is 2.59. The summed E-state index contributed by atoms with van der Waals surface area (Å²) in [4.78, 5) is 24.8. The highest BCUT2D eigenvalue weighted by molar-refractivity contribution is 5.78. The van der Waals surface area contributed by atoms with Crippen molar-refractivity contribution in [1.82, 2.24) is 15.1 Å². The number of aromatic nitrogens is 2. The van der Waals surface area contributed by atoms with Crippen molar-refractivity contribution >= 4 is 12.4 Å². The third-order valence-electron chi connectivity index (χ3n) is 4.16. The number of hydrogen-bond acceptors (Lipinski definition) is 6. The Morgan fingerprint density at radius 2 is 2.15 bits per heavy atom. The molecule has 0 radical (unpaired) electrons. The SMILES string of the molecule is CC(C)(C)OC(=O)N1CC[C@H]1COc1cnnc(-c2cccc(C=O)c2)c1. The normalized spacial score (nSPS) is 16.4. The first-order valence-electron chi connectivity index (χ1n) is 8.86. The zero-order chi connectivity index (χ0) is 19.4. The second kappa shape index (κ2) is 7.73. The second-order valence-electron chi connectivity index (χ2n) is 7.45. The van der Waals surface area contributed by atoms with E-state index in [-0.39, 0.29) is 12.1 Å². The Morgan fingerprint density at radius 1 is 1.33 bits per heavy atom. The lowest BCUT2D eigenvalue weighted by molar-refractivity contribution is -0.0141. The molecule has 7 nitrogen and oxygen atoms in total. The van der Waals surface area contributed by atoms with Crippen LogP contribution in [0.4, 0.5) is 4.79 Å². The molecule has 1 aromatic heterocycles. The third-order valence-corrected chi connectivity index (χ3v) is 4.16. The van der Waals surface area contributed by atoms with E-state index >= 15 is 0 Å². The Bertz CT molecular complexity index is 832. The van der Waals surface area contributed by atoms with Crippen molar-refractivity contribution in [3.8, 4) is 17.0 Å². The number of benzene rings is 1. The van der Waals surface area contributed by atoms with Crippen LogP contribution in [0.15, 0.2) is 36.5 Å². The predicted octanol–water partition coefficient (Wildman–Crippen LogP) is 3.34. The van der Waals surface area contributed by atoms with Gasteiger partial charge >= 0.3 is 6.09 Å². The maximum atomic E-state index is 12.2. The Kier molecular flexibility index (Phi) is 5.39. The Morgan fingerprint density at radius 3 is 2.81 bits per heavy atom. The van der Waals surface area contributed by atoms with Gasteiger partial charge in [0.2, 0.25) is 0 Å². The molecule has 0 unspecified atom stereocenters. The van der Waals surface area contributed by atoms with E-state index in [4.69, 9.17) is 9.47 Å². The van der Waals surface area contributed by atoms with Gasteiger partial charge in [0, 0.05) is 23.7 Å². The molecule has 1 atom stereocenters. The summed E-state index contributed by atoms with van der Waals surface area (Å²) in [6, 6.07) is 8.88. The third kappa shape index (κ3) is 4.81. The van der Waals surface area contributed by atoms with E-state index in [0.29, 0.717) is 30.2 Å². The van der Waals surface area contributed by atoms with Crippen molar-refractivity contribution in [3.05, 3.63) is 42.1 Å². The fourth-order valence-corrected chi connectivity index (χ4v) is 2.71. The van der Waals surface area contributed by atoms with Crippen LogP contribution < -0.4 is 4.74 Å². The number of nitrogens with zero attached hydrogens (tertiary/aromatic N) is 3. The summed E-state index contributed by atoms with van der Waals surface area (Å²) in [5, 5.41) is 8.07. The van der Waals surface area contributed by atoms with Gasteiger partial charge in [-0.1, -0.05) is 18.2 Å². The lowest BCUT2D eigenvalue weighted by Crippen LogP contribution is -2.55. The molecule has 0 aliphatic carbocycles. The fraction of sp³-hybridized carbons (Fsp3) is 0.400. The molecule has 1 aliphatic rings. The van der Waals surface area contributed by atoms with Gasteiger partial charge in [0.1, 0.15) is 24.2 Å². The Hall–Kier alpha value is -2.96. The van der Waals surface area contributed by atoms with Gasteiger partial charge in [-0.05, 0) is 33.3 Å². The summed E-state index contributed by atoms with van der Waals surface area (Å²) in [6.07, 6.45) is 2.87. The summed E-state index contributed by atoms with van der Waals surface area (Å²) in [6.45, 7) is 6.57. The molecule has 1 aromatic carbocycles. The molecular formula is C20H23N3O4. The number of carbonyl (C=O) groups excluding carboxylic acids is 2. The van der Waals surface area contributed by atoms with Crippen LogP contribution in [-0.2, 0) is 4.74 Å². The zero-order valence-corrected chi connectivity index (χ0v) is 15.7. The highest BCUT2D eigenvalue weighted by atomic mass is 16.6. The fourth-order valence-electron chi connectivity index (χ4n) is 2.71. The van der Waals surface area contributed by atoms with Crippen LogP contribution in [0, 0.1) is 0 Å². The van der Waals surface area contributed by atoms with Gasteiger partial charge in [-0.3, -0.25) is 4.79 Å². The van der Waals surface area contributed by atoms with Crippen molar-refractivity contribution in [2.24, 2.45) is 0 Å². The van der Waals surface area contributed by atoms with Gasteiger partial charge in [-0.2, -0.15) is 10.2 Å². The summed E-state index contributed by atoms with van der Waals surface area (Å²) in [7, 11) is 0. The minimum Gasteiger partial charge on any atom is -0.490 e. The van der Waals surface area contributed by atoms with Gasteiger partial charge in [-0.25, -0.2) is 4.79 Å². The van der Waals surface area contributed by atoms with Crippen LogP contribution in [0.1, 0.15) is 37.6 Å². The molecule has 0 N–H and O–H groups in total. The molecule has 0 saturated carbocycles. The lowest BCUT2D eigenvalue weighted by atomic mass is 10.1. The van der Waals surface area contributed by atoms with Gasteiger partial charge in [-0.15, -0.1) is 0 Å². The van der Waals surface area contributed by atoms with Gasteiger partial charge < -0.3 is 14.4 Å². The molecule has 1 fully saturated rings. The highest BCUT2D eigenvalue weighted by Gasteiger charge is 2.35. The summed E-state index contributed by atoms with van der Waals surface area (Å²) in [5.74, 6) is 0.563. The van der Waals surface area contributed by atoms with Crippen molar-refractivity contribution in [2.45, 2.75) is 38.8 Å². The van der Waals surface area contributed by atoms with Gasteiger partial charge in [0.25, 0.3) is 0 Å². The first-order chi connectivity index (χ1) is 12.9. The maximum Gasteiger partial charge on any atom is 0.410 e. The van der Waals surface area contributed by atoms with Gasteiger partial charge in [0.15, 0.2) is 0 Å². The molecule has 3 rings (SSSR count). The molecule has 27 heavy (non-hydrogen) atoms. The number of aldehydes is 1. The molecule has 1 amide bonds. The summed E-state index contributed by atoms with van der Waals surface area (Å²) in [5.41, 5.74) is 1.46. The first kappa shape index (κ1) is 18.8. The number of hydrogen-bond donors (Lipinski definition) is 0. The van der Waals surface area contributed by atoms with E-state index in [0.717, 1.165) is 18.3 Å². The van der Waals surface area contributed by atoms with E-state index in [1.165, 1.54) is 6.20 Å².